The molecule has 0 aliphatic heterocycles. The van der Waals surface area contributed by atoms with Crippen molar-refractivity contribution >= 4 is 29.8 Å². The molecule has 0 aliphatic rings. The van der Waals surface area contributed by atoms with Crippen LogP contribution in [0.3, 0.4) is 0 Å². The van der Waals surface area contributed by atoms with E-state index in [0.717, 1.165) is 23.4 Å². The summed E-state index contributed by atoms with van der Waals surface area (Å²) in [7, 11) is 0. The number of hydrogen-bond donors (Lipinski definition) is 2. The Morgan fingerprint density at radius 1 is 1.22 bits per heavy atom. The number of nitrogens with one attached hydrogen (secondary N) is 1. The van der Waals surface area contributed by atoms with Crippen molar-refractivity contribution in [1.29, 1.82) is 0 Å². The Bertz CT molecular complexity index is 711. The maximum Gasteiger partial charge on any atom is 0.416 e. The van der Waals surface area contributed by atoms with Gasteiger partial charge < -0.3 is 11.1 Å². The molecule has 150 valence electrons. The molecule has 0 amide bonds. The van der Waals surface area contributed by atoms with Crippen molar-refractivity contribution in [2.45, 2.75) is 52.3 Å². The van der Waals surface area contributed by atoms with Crippen LogP contribution in [0.5, 0.6) is 0 Å². The number of halogens is 4. The van der Waals surface area contributed by atoms with Gasteiger partial charge in [-0.3, -0.25) is 4.99 Å². The van der Waals surface area contributed by atoms with Crippen LogP contribution in [-0.4, -0.2) is 18.6 Å². The molecule has 1 aromatic rings. The highest BCUT2D eigenvalue weighted by atomic mass is 35.5. The molecule has 27 heavy (non-hydrogen) atoms. The van der Waals surface area contributed by atoms with Crippen LogP contribution in [0, 0.1) is 0 Å². The molecule has 8 heteroatoms. The van der Waals surface area contributed by atoms with Gasteiger partial charge in [-0.05, 0) is 49.7 Å². The average Bonchev–Trinajstić information content (AvgIpc) is 2.62. The van der Waals surface area contributed by atoms with E-state index in [1.54, 1.807) is 0 Å². The number of hydrogen-bond acceptors (Lipinski definition) is 3. The molecular weight excluding hydrogens is 377 g/mol. The molecule has 1 atom stereocenters. The largest absolute Gasteiger partial charge is 0.416 e. The first-order valence-corrected chi connectivity index (χ1v) is 9.29. The Kier molecular flexibility index (Phi) is 8.82. The molecule has 1 unspecified atom stereocenters. The van der Waals surface area contributed by atoms with Crippen LogP contribution in [0.2, 0.25) is 0 Å². The van der Waals surface area contributed by atoms with Gasteiger partial charge in [-0.25, -0.2) is 4.99 Å². The molecule has 0 fully saturated rings. The smallest absolute Gasteiger partial charge is 0.399 e. The maximum atomic E-state index is 13.1. The standard InChI is InChI=1S/C19H26ClF3N4/c1-5-15(17(7-3)26-11-20)18(25-4)27-16(6-2)12-8-13(19(21,22)23)10-14(24)9-12/h8-10,16,26H,4-7,11,24H2,1-3H3/b17-15-,27-18?. The van der Waals surface area contributed by atoms with Crippen molar-refractivity contribution < 1.29 is 13.2 Å². The van der Waals surface area contributed by atoms with Crippen LogP contribution < -0.4 is 11.1 Å². The van der Waals surface area contributed by atoms with Crippen LogP contribution in [-0.2, 0) is 6.18 Å². The molecule has 4 nitrogen and oxygen atoms in total. The fourth-order valence-corrected chi connectivity index (χ4v) is 2.99. The lowest BCUT2D eigenvalue weighted by atomic mass is 10.0. The van der Waals surface area contributed by atoms with E-state index < -0.39 is 17.8 Å². The van der Waals surface area contributed by atoms with Crippen LogP contribution in [0.1, 0.15) is 57.2 Å². The highest BCUT2D eigenvalue weighted by molar-refractivity contribution is 6.17. The minimum absolute atomic E-state index is 0.0471. The summed E-state index contributed by atoms with van der Waals surface area (Å²) in [6.07, 6.45) is -2.66. The quantitative estimate of drug-likeness (QED) is 0.193. The van der Waals surface area contributed by atoms with Crippen molar-refractivity contribution in [2.24, 2.45) is 9.98 Å². The number of benzene rings is 1. The first-order chi connectivity index (χ1) is 12.7. The number of allylic oxidation sites excluding steroid dienone is 1. The summed E-state index contributed by atoms with van der Waals surface area (Å²) >= 11 is 5.78. The third-order valence-corrected chi connectivity index (χ3v) is 4.26. The number of amidine groups is 1. The van der Waals surface area contributed by atoms with Crippen LogP contribution >= 0.6 is 11.6 Å². The van der Waals surface area contributed by atoms with E-state index in [1.807, 2.05) is 20.8 Å². The normalized spacial score (nSPS) is 14.6. The van der Waals surface area contributed by atoms with Gasteiger partial charge in [-0.1, -0.05) is 20.8 Å². The van der Waals surface area contributed by atoms with Crippen LogP contribution in [0.4, 0.5) is 18.9 Å². The zero-order valence-electron chi connectivity index (χ0n) is 15.8. The zero-order valence-corrected chi connectivity index (χ0v) is 16.6. The maximum absolute atomic E-state index is 13.1. The first-order valence-electron chi connectivity index (χ1n) is 8.76. The summed E-state index contributed by atoms with van der Waals surface area (Å²) in [6.45, 7) is 9.34. The van der Waals surface area contributed by atoms with E-state index in [0.29, 0.717) is 30.7 Å². The van der Waals surface area contributed by atoms with E-state index >= 15 is 0 Å². The Hall–Kier alpha value is -2.02. The highest BCUT2D eigenvalue weighted by Gasteiger charge is 2.31. The van der Waals surface area contributed by atoms with Gasteiger partial charge in [0.15, 0.2) is 5.84 Å². The van der Waals surface area contributed by atoms with Crippen molar-refractivity contribution in [1.82, 2.24) is 5.32 Å². The van der Waals surface area contributed by atoms with E-state index in [4.69, 9.17) is 17.3 Å². The first kappa shape index (κ1) is 23.0. The molecule has 0 aliphatic carbocycles. The number of alkyl halides is 4. The summed E-state index contributed by atoms with van der Waals surface area (Å²) in [4.78, 5) is 8.62. The summed E-state index contributed by atoms with van der Waals surface area (Å²) in [5.74, 6) is 0.398. The summed E-state index contributed by atoms with van der Waals surface area (Å²) < 4.78 is 39.3. The van der Waals surface area contributed by atoms with Gasteiger partial charge in [0.2, 0.25) is 0 Å². The number of rotatable bonds is 8. The Labute approximate surface area is 163 Å². The predicted molar refractivity (Wildman–Crippen MR) is 107 cm³/mol. The topological polar surface area (TPSA) is 62.8 Å². The molecule has 1 aromatic carbocycles. The van der Waals surface area contributed by atoms with Crippen molar-refractivity contribution in [2.75, 3.05) is 11.7 Å². The number of anilines is 1. The average molecular weight is 403 g/mol. The van der Waals surface area contributed by atoms with Gasteiger partial charge in [0.05, 0.1) is 17.6 Å². The summed E-state index contributed by atoms with van der Waals surface area (Å²) in [5, 5.41) is 3.07. The van der Waals surface area contributed by atoms with Gasteiger partial charge in [-0.15, -0.1) is 11.6 Å². The molecule has 0 saturated carbocycles. The third kappa shape index (κ3) is 6.27. The Balaban J connectivity index is 3.46. The zero-order chi connectivity index (χ0) is 20.6. The van der Waals surface area contributed by atoms with E-state index in [-0.39, 0.29) is 11.7 Å². The SMILES string of the molecule is C=NC(=NC(CC)c1cc(N)cc(C(F)(F)F)c1)/C(CC)=C(/CC)NCCl. The molecule has 3 N–H and O–H groups in total. The summed E-state index contributed by atoms with van der Waals surface area (Å²) in [5.41, 5.74) is 7.07. The molecule has 0 radical (unpaired) electrons. The highest BCUT2D eigenvalue weighted by Crippen LogP contribution is 2.34. The molecule has 1 rings (SSSR count). The Morgan fingerprint density at radius 3 is 2.33 bits per heavy atom. The lowest BCUT2D eigenvalue weighted by molar-refractivity contribution is -0.137. The minimum Gasteiger partial charge on any atom is -0.399 e. The van der Waals surface area contributed by atoms with Gasteiger partial charge in [0.25, 0.3) is 0 Å². The van der Waals surface area contributed by atoms with Gasteiger partial charge in [0.1, 0.15) is 0 Å². The second-order valence-corrected chi connectivity index (χ2v) is 6.16. The van der Waals surface area contributed by atoms with Gasteiger partial charge in [-0.2, -0.15) is 13.2 Å². The van der Waals surface area contributed by atoms with Crippen LogP contribution in [0.25, 0.3) is 0 Å². The number of nitrogens with two attached hydrogens (primary N) is 1. The number of nitrogens with zero attached hydrogens (tertiary/aromatic N) is 2. The van der Waals surface area contributed by atoms with E-state index in [2.05, 4.69) is 22.0 Å². The van der Waals surface area contributed by atoms with E-state index in [9.17, 15) is 13.2 Å². The minimum atomic E-state index is -4.47. The molecule has 0 spiro atoms. The number of nitrogen functional groups attached to an aromatic ring is 1. The molecular formula is C19H26ClF3N4. The summed E-state index contributed by atoms with van der Waals surface area (Å²) in [6, 6.07) is 3.23. The van der Waals surface area contributed by atoms with E-state index in [1.165, 1.54) is 6.07 Å². The monoisotopic (exact) mass is 402 g/mol. The molecule has 0 bridgehead atoms. The second kappa shape index (κ2) is 10.3. The van der Waals surface area contributed by atoms with Crippen molar-refractivity contribution in [3.63, 3.8) is 0 Å². The fraction of sp³-hybridized carbons (Fsp3) is 0.474. The molecule has 0 saturated heterocycles. The van der Waals surface area contributed by atoms with Crippen LogP contribution in [0.15, 0.2) is 39.5 Å². The fourth-order valence-electron chi connectivity index (χ4n) is 2.83. The molecule has 0 heterocycles. The third-order valence-electron chi connectivity index (χ3n) is 4.13. The Morgan fingerprint density at radius 2 is 1.89 bits per heavy atom. The van der Waals surface area contributed by atoms with Gasteiger partial charge >= 0.3 is 6.18 Å². The predicted octanol–water partition coefficient (Wildman–Crippen LogP) is 5.70. The lowest BCUT2D eigenvalue weighted by Gasteiger charge is -2.18. The van der Waals surface area contributed by atoms with Crippen molar-refractivity contribution in [3.05, 3.63) is 40.6 Å². The number of aliphatic imine (C=N–C) groups is 2. The van der Waals surface area contributed by atoms with Gasteiger partial charge in [0, 0.05) is 17.0 Å². The lowest BCUT2D eigenvalue weighted by Crippen LogP contribution is -2.17. The molecule has 0 aromatic heterocycles. The van der Waals surface area contributed by atoms with Crippen molar-refractivity contribution in [3.8, 4) is 0 Å². The second-order valence-electron chi connectivity index (χ2n) is 5.90.